The van der Waals surface area contributed by atoms with Crippen molar-refractivity contribution in [1.29, 1.82) is 0 Å². The van der Waals surface area contributed by atoms with E-state index in [4.69, 9.17) is 0 Å². The molecule has 0 radical (unpaired) electrons. The molecule has 0 aliphatic rings. The van der Waals surface area contributed by atoms with Gasteiger partial charge in [0.15, 0.2) is 0 Å². The molecule has 0 amide bonds. The molecule has 0 bridgehead atoms. The predicted octanol–water partition coefficient (Wildman–Crippen LogP) is 8.97. The van der Waals surface area contributed by atoms with E-state index in [-0.39, 0.29) is 0 Å². The zero-order chi connectivity index (χ0) is 29.0. The normalized spacial score (nSPS) is 10.8. The number of benzene rings is 5. The molecule has 204 valence electrons. The molecule has 1 nitrogen and oxygen atoms in total. The average Bonchev–Trinajstić information content (AvgIpc) is 2.98. The van der Waals surface area contributed by atoms with Crippen molar-refractivity contribution in [1.82, 2.24) is 0 Å². The number of phenols is 1. The van der Waals surface area contributed by atoms with Crippen molar-refractivity contribution in [2.75, 3.05) is 0 Å². The molecule has 1 N–H and O–H groups in total. The van der Waals surface area contributed by atoms with Crippen LogP contribution in [0.15, 0.2) is 97.1 Å². The number of aromatic hydroxyl groups is 1. The number of rotatable bonds is 4. The maximum Gasteiger partial charge on any atom is 0.115 e. The number of hydrogen-bond donors (Lipinski definition) is 1. The summed E-state index contributed by atoms with van der Waals surface area (Å²) in [4.78, 5) is 0. The quantitative estimate of drug-likeness (QED) is 0.224. The highest BCUT2D eigenvalue weighted by Gasteiger charge is 2.24. The molecule has 0 saturated carbocycles. The average molecular weight is 545 g/mol. The molecule has 0 aliphatic heterocycles. The van der Waals surface area contributed by atoms with Crippen molar-refractivity contribution in [2.24, 2.45) is 0 Å². The topological polar surface area (TPSA) is 20.2 Å². The standard InChI is InChI=1S/C26H31OP.C12H10/c1-15-13-25(21(7)19(5)17(15)3)28(24-11-9-23(27)10-12-24)26-14-16(2)18(4)20(6)22(26)8;1-3-7-11(8-4-1)12-9-5-2-6-10-12/h9-14,27H,1-8H3;1-10H. The minimum absolute atomic E-state index is 0.319. The van der Waals surface area contributed by atoms with Crippen LogP contribution in [0.4, 0.5) is 0 Å². The van der Waals surface area contributed by atoms with Crippen molar-refractivity contribution in [3.05, 3.63) is 142 Å². The first kappa shape index (κ1) is 29.3. The fourth-order valence-electron chi connectivity index (χ4n) is 5.12. The Morgan fingerprint density at radius 2 is 0.800 bits per heavy atom. The van der Waals surface area contributed by atoms with Crippen LogP contribution in [-0.2, 0) is 0 Å². The summed E-state index contributed by atoms with van der Waals surface area (Å²) in [5, 5.41) is 14.0. The summed E-state index contributed by atoms with van der Waals surface area (Å²) in [6, 6.07) is 33.4. The Bertz CT molecular complexity index is 1500. The molecule has 0 aromatic heterocycles. The van der Waals surface area contributed by atoms with Gasteiger partial charge in [0.1, 0.15) is 5.75 Å². The van der Waals surface area contributed by atoms with E-state index >= 15 is 0 Å². The van der Waals surface area contributed by atoms with Gasteiger partial charge in [-0.3, -0.25) is 0 Å². The Labute approximate surface area is 242 Å². The lowest BCUT2D eigenvalue weighted by molar-refractivity contribution is 0.475. The first-order valence-electron chi connectivity index (χ1n) is 13.9. The van der Waals surface area contributed by atoms with E-state index in [0.717, 1.165) is 0 Å². The van der Waals surface area contributed by atoms with Crippen LogP contribution >= 0.6 is 7.92 Å². The molecule has 0 fully saturated rings. The van der Waals surface area contributed by atoms with Crippen molar-refractivity contribution >= 4 is 23.8 Å². The van der Waals surface area contributed by atoms with Gasteiger partial charge in [-0.2, -0.15) is 0 Å². The molecule has 5 rings (SSSR count). The second-order valence-electron chi connectivity index (χ2n) is 10.8. The zero-order valence-electron chi connectivity index (χ0n) is 25.1. The second-order valence-corrected chi connectivity index (χ2v) is 12.9. The molecule has 0 spiro atoms. The molecule has 40 heavy (non-hydrogen) atoms. The van der Waals surface area contributed by atoms with Gasteiger partial charge >= 0.3 is 0 Å². The Morgan fingerprint density at radius 1 is 0.425 bits per heavy atom. The van der Waals surface area contributed by atoms with Crippen LogP contribution in [-0.4, -0.2) is 5.11 Å². The molecular formula is C38H41OP. The van der Waals surface area contributed by atoms with E-state index in [2.05, 4.69) is 128 Å². The van der Waals surface area contributed by atoms with Crippen LogP contribution in [0.2, 0.25) is 0 Å². The molecule has 0 atom stereocenters. The molecule has 0 heterocycles. The Morgan fingerprint density at radius 3 is 1.18 bits per heavy atom. The molecule has 2 heteroatoms. The minimum atomic E-state index is -0.701. The highest BCUT2D eigenvalue weighted by Crippen LogP contribution is 2.39. The highest BCUT2D eigenvalue weighted by atomic mass is 31.1. The molecule has 5 aromatic rings. The van der Waals surface area contributed by atoms with E-state index in [9.17, 15) is 5.11 Å². The summed E-state index contributed by atoms with van der Waals surface area (Å²) in [7, 11) is -0.701. The third-order valence-corrected chi connectivity index (χ3v) is 11.1. The van der Waals surface area contributed by atoms with Crippen molar-refractivity contribution in [2.45, 2.75) is 55.4 Å². The van der Waals surface area contributed by atoms with Gasteiger partial charge in [-0.25, -0.2) is 0 Å². The molecular weight excluding hydrogens is 503 g/mol. The fourth-order valence-corrected chi connectivity index (χ4v) is 8.03. The SMILES string of the molecule is Cc1cc(P(c2ccc(O)cc2)c2cc(C)c(C)c(C)c2C)c(C)c(C)c1C.c1ccc(-c2ccccc2)cc1. The summed E-state index contributed by atoms with van der Waals surface area (Å²) < 4.78 is 0. The van der Waals surface area contributed by atoms with Gasteiger partial charge in [-0.05, 0) is 147 Å². The van der Waals surface area contributed by atoms with Crippen LogP contribution in [0, 0.1) is 55.4 Å². The monoisotopic (exact) mass is 544 g/mol. The van der Waals surface area contributed by atoms with Crippen molar-refractivity contribution in [3.63, 3.8) is 0 Å². The third-order valence-electron chi connectivity index (χ3n) is 8.38. The summed E-state index contributed by atoms with van der Waals surface area (Å²) in [6.45, 7) is 17.9. The molecule has 0 aliphatic carbocycles. The molecule has 5 aromatic carbocycles. The number of phenolic OH excluding ortho intramolecular Hbond substituents is 1. The Hall–Kier alpha value is -3.67. The summed E-state index contributed by atoms with van der Waals surface area (Å²) in [5.41, 5.74) is 13.6. The first-order chi connectivity index (χ1) is 19.1. The minimum Gasteiger partial charge on any atom is -0.508 e. The largest absolute Gasteiger partial charge is 0.508 e. The van der Waals surface area contributed by atoms with E-state index in [0.29, 0.717) is 5.75 Å². The van der Waals surface area contributed by atoms with E-state index in [1.54, 1.807) is 0 Å². The lowest BCUT2D eigenvalue weighted by Crippen LogP contribution is -2.26. The Kier molecular flexibility index (Phi) is 9.28. The lowest BCUT2D eigenvalue weighted by atomic mass is 9.99. The maximum atomic E-state index is 9.85. The van der Waals surface area contributed by atoms with Gasteiger partial charge in [-0.15, -0.1) is 0 Å². The maximum absolute atomic E-state index is 9.85. The van der Waals surface area contributed by atoms with Gasteiger partial charge < -0.3 is 5.11 Å². The van der Waals surface area contributed by atoms with E-state index in [1.807, 2.05) is 24.3 Å². The highest BCUT2D eigenvalue weighted by molar-refractivity contribution is 7.80. The lowest BCUT2D eigenvalue weighted by Gasteiger charge is -2.27. The van der Waals surface area contributed by atoms with Crippen molar-refractivity contribution < 1.29 is 5.11 Å². The smallest absolute Gasteiger partial charge is 0.115 e. The number of hydrogen-bond acceptors (Lipinski definition) is 1. The summed E-state index contributed by atoms with van der Waals surface area (Å²) >= 11 is 0. The van der Waals surface area contributed by atoms with E-state index in [1.165, 1.54) is 71.5 Å². The molecule has 0 saturated heterocycles. The summed E-state index contributed by atoms with van der Waals surface area (Å²) in [6.07, 6.45) is 0. The zero-order valence-corrected chi connectivity index (χ0v) is 26.0. The number of aryl methyl sites for hydroxylation is 2. The summed E-state index contributed by atoms with van der Waals surface area (Å²) in [5.74, 6) is 0.319. The van der Waals surface area contributed by atoms with Crippen LogP contribution in [0.5, 0.6) is 5.75 Å². The van der Waals surface area contributed by atoms with Gasteiger partial charge in [-0.1, -0.05) is 84.9 Å². The van der Waals surface area contributed by atoms with Gasteiger partial charge in [0.2, 0.25) is 0 Å². The first-order valence-corrected chi connectivity index (χ1v) is 15.3. The van der Waals surface area contributed by atoms with Crippen LogP contribution < -0.4 is 15.9 Å². The van der Waals surface area contributed by atoms with E-state index < -0.39 is 7.92 Å². The van der Waals surface area contributed by atoms with Crippen LogP contribution in [0.25, 0.3) is 11.1 Å². The fraction of sp³-hybridized carbons (Fsp3) is 0.211. The van der Waals surface area contributed by atoms with Gasteiger partial charge in [0, 0.05) is 0 Å². The van der Waals surface area contributed by atoms with Crippen LogP contribution in [0.3, 0.4) is 0 Å². The third kappa shape index (κ3) is 6.22. The Balaban J connectivity index is 0.000000255. The molecule has 0 unspecified atom stereocenters. The van der Waals surface area contributed by atoms with Crippen molar-refractivity contribution in [3.8, 4) is 16.9 Å². The van der Waals surface area contributed by atoms with Crippen LogP contribution in [0.1, 0.15) is 44.5 Å². The second kappa shape index (κ2) is 12.7. The van der Waals surface area contributed by atoms with Gasteiger partial charge in [0.05, 0.1) is 0 Å². The van der Waals surface area contributed by atoms with Gasteiger partial charge in [0.25, 0.3) is 0 Å². The predicted molar refractivity (Wildman–Crippen MR) is 177 cm³/mol.